The summed E-state index contributed by atoms with van der Waals surface area (Å²) < 4.78 is 6.79. The average Bonchev–Trinajstić information content (AvgIpc) is 3.84. The van der Waals surface area contributed by atoms with Gasteiger partial charge in [0.15, 0.2) is 0 Å². The second kappa shape index (κ2) is 10.4. The van der Waals surface area contributed by atoms with Crippen LogP contribution in [0.25, 0.3) is 55.3 Å². The van der Waals surface area contributed by atoms with Gasteiger partial charge in [0.2, 0.25) is 0 Å². The summed E-state index contributed by atoms with van der Waals surface area (Å²) in [6.07, 6.45) is 0. The van der Waals surface area contributed by atoms with Crippen LogP contribution in [0.2, 0.25) is 0 Å². The molecule has 1 heteroatoms. The molecule has 254 valence electrons. The first-order valence-corrected chi connectivity index (χ1v) is 19.3. The van der Waals surface area contributed by atoms with E-state index in [1.807, 2.05) is 0 Å². The number of hydrogen-bond donors (Lipinski definition) is 0. The zero-order chi connectivity index (χ0) is 35.9. The summed E-state index contributed by atoms with van der Waals surface area (Å²) in [5.41, 5.74) is 19.7. The molecule has 1 nitrogen and oxygen atoms in total. The molecule has 4 aliphatic rings. The van der Waals surface area contributed by atoms with Gasteiger partial charge in [-0.25, -0.2) is 0 Å². The number of rotatable bonds is 1. The molecule has 13 rings (SSSR count). The van der Waals surface area contributed by atoms with Crippen molar-refractivity contribution in [1.82, 2.24) is 0 Å². The first-order chi connectivity index (χ1) is 27.3. The van der Waals surface area contributed by atoms with Gasteiger partial charge in [-0.15, -0.1) is 0 Å². The summed E-state index contributed by atoms with van der Waals surface area (Å²) in [5.74, 6) is 1.82. The minimum absolute atomic E-state index is 0.432. The number of hydrogen-bond acceptors (Lipinski definition) is 1. The maximum Gasteiger partial charge on any atom is 0.132 e. The van der Waals surface area contributed by atoms with E-state index in [-0.39, 0.29) is 0 Å². The molecule has 0 saturated heterocycles. The molecule has 1 heterocycles. The largest absolute Gasteiger partial charge is 0.457 e. The van der Waals surface area contributed by atoms with Gasteiger partial charge in [-0.3, -0.25) is 0 Å². The van der Waals surface area contributed by atoms with Gasteiger partial charge in [0.25, 0.3) is 0 Å². The van der Waals surface area contributed by atoms with Crippen LogP contribution in [0, 0.1) is 0 Å². The van der Waals surface area contributed by atoms with Crippen LogP contribution in [0.4, 0.5) is 0 Å². The molecule has 9 aromatic rings. The molecule has 0 radical (unpaired) electrons. The van der Waals surface area contributed by atoms with Gasteiger partial charge in [-0.1, -0.05) is 170 Å². The molecular formula is C54H32O. The third kappa shape index (κ3) is 3.46. The zero-order valence-corrected chi connectivity index (χ0v) is 29.9. The first kappa shape index (κ1) is 29.5. The first-order valence-electron chi connectivity index (χ1n) is 19.3. The highest BCUT2D eigenvalue weighted by molar-refractivity contribution is 6.06. The lowest BCUT2D eigenvalue weighted by Crippen LogP contribution is -2.32. The molecular weight excluding hydrogens is 665 g/mol. The monoisotopic (exact) mass is 696 g/mol. The Morgan fingerprint density at radius 2 is 0.764 bits per heavy atom. The van der Waals surface area contributed by atoms with Crippen molar-refractivity contribution in [2.45, 2.75) is 10.8 Å². The fourth-order valence-electron chi connectivity index (χ4n) is 11.1. The lowest BCUT2D eigenvalue weighted by Gasteiger charge is -2.39. The summed E-state index contributed by atoms with van der Waals surface area (Å²) in [7, 11) is 0. The highest BCUT2D eigenvalue weighted by atomic mass is 16.5. The van der Waals surface area contributed by atoms with Gasteiger partial charge in [0.1, 0.15) is 11.5 Å². The van der Waals surface area contributed by atoms with Crippen molar-refractivity contribution < 1.29 is 4.74 Å². The van der Waals surface area contributed by atoms with Crippen molar-refractivity contribution in [2.75, 3.05) is 0 Å². The second-order valence-electron chi connectivity index (χ2n) is 15.5. The Bertz CT molecular complexity index is 3100. The predicted octanol–water partition coefficient (Wildman–Crippen LogP) is 13.3. The van der Waals surface area contributed by atoms with E-state index in [0.717, 1.165) is 11.5 Å². The second-order valence-corrected chi connectivity index (χ2v) is 15.5. The molecule has 1 unspecified atom stereocenters. The van der Waals surface area contributed by atoms with Crippen LogP contribution in [-0.2, 0) is 10.8 Å². The van der Waals surface area contributed by atoms with E-state index in [9.17, 15) is 0 Å². The lowest BCUT2D eigenvalue weighted by atomic mass is 9.65. The molecule has 1 atom stereocenters. The van der Waals surface area contributed by atoms with E-state index >= 15 is 0 Å². The van der Waals surface area contributed by atoms with Gasteiger partial charge in [0.05, 0.1) is 10.8 Å². The van der Waals surface area contributed by atoms with E-state index in [0.29, 0.717) is 0 Å². The van der Waals surface area contributed by atoms with Gasteiger partial charge in [0, 0.05) is 11.1 Å². The summed E-state index contributed by atoms with van der Waals surface area (Å²) in [6.45, 7) is 0. The van der Waals surface area contributed by atoms with Crippen molar-refractivity contribution in [2.24, 2.45) is 0 Å². The standard InChI is InChI=1S/C54H32O/c1-2-14-36-33(13-1)26-29-47-52(36)41-18-6-10-22-45(41)54(47)44-21-9-5-17-39(44)40-28-25-34(31-48(40)54)35-27-30-51-49(32-35)53(46-23-11-12-24-50(46)55-51)42-19-7-3-15-37(42)38-16-4-8-20-43(38)53/h1-32H. The molecule has 9 aromatic carbocycles. The Kier molecular flexibility index (Phi) is 5.56. The predicted molar refractivity (Wildman–Crippen MR) is 223 cm³/mol. The van der Waals surface area contributed by atoms with E-state index < -0.39 is 10.8 Å². The van der Waals surface area contributed by atoms with Gasteiger partial charge >= 0.3 is 0 Å². The molecule has 55 heavy (non-hydrogen) atoms. The molecule has 0 fully saturated rings. The van der Waals surface area contributed by atoms with Crippen molar-refractivity contribution in [1.29, 1.82) is 0 Å². The van der Waals surface area contributed by atoms with Crippen LogP contribution in [0.3, 0.4) is 0 Å². The van der Waals surface area contributed by atoms with Crippen molar-refractivity contribution in [3.63, 3.8) is 0 Å². The van der Waals surface area contributed by atoms with Crippen LogP contribution in [0.1, 0.15) is 44.5 Å². The third-order valence-corrected chi connectivity index (χ3v) is 13.2. The number of para-hydroxylation sites is 1. The summed E-state index contributed by atoms with van der Waals surface area (Å²) >= 11 is 0. The van der Waals surface area contributed by atoms with Crippen LogP contribution in [0.15, 0.2) is 194 Å². The average molecular weight is 697 g/mol. The van der Waals surface area contributed by atoms with Crippen LogP contribution in [-0.4, -0.2) is 0 Å². The van der Waals surface area contributed by atoms with Crippen LogP contribution >= 0.6 is 0 Å². The smallest absolute Gasteiger partial charge is 0.132 e. The zero-order valence-electron chi connectivity index (χ0n) is 29.9. The molecule has 0 aromatic heterocycles. The van der Waals surface area contributed by atoms with E-state index in [2.05, 4.69) is 194 Å². The molecule has 0 N–H and O–H groups in total. The molecule has 3 aliphatic carbocycles. The quantitative estimate of drug-likeness (QED) is 0.166. The Hall–Kier alpha value is -6.96. The molecule has 2 spiro atoms. The maximum atomic E-state index is 6.79. The highest BCUT2D eigenvalue weighted by Crippen LogP contribution is 2.65. The van der Waals surface area contributed by atoms with Crippen molar-refractivity contribution in [3.05, 3.63) is 239 Å². The van der Waals surface area contributed by atoms with Crippen molar-refractivity contribution in [3.8, 4) is 56.0 Å². The normalized spacial score (nSPS) is 16.7. The summed E-state index contributed by atoms with van der Waals surface area (Å²) in [5, 5.41) is 2.58. The molecule has 0 bridgehead atoms. The number of fused-ring (bicyclic) bond motifs is 21. The van der Waals surface area contributed by atoms with E-state index in [4.69, 9.17) is 4.74 Å². The van der Waals surface area contributed by atoms with E-state index in [1.54, 1.807) is 0 Å². The third-order valence-electron chi connectivity index (χ3n) is 13.2. The SMILES string of the molecule is c1ccc2c(c1)Oc1ccc(-c3ccc4c(c3)C3(c5ccccc5-4)c4ccccc4-c4c3ccc3ccccc43)cc1C21c2ccccc2-c2ccccc21. The maximum absolute atomic E-state index is 6.79. The van der Waals surface area contributed by atoms with E-state index in [1.165, 1.54) is 99.8 Å². The summed E-state index contributed by atoms with van der Waals surface area (Å²) in [6, 6.07) is 72.4. The van der Waals surface area contributed by atoms with Crippen LogP contribution < -0.4 is 4.74 Å². The Morgan fingerprint density at radius 1 is 0.291 bits per heavy atom. The highest BCUT2D eigenvalue weighted by Gasteiger charge is 2.53. The minimum Gasteiger partial charge on any atom is -0.457 e. The lowest BCUT2D eigenvalue weighted by molar-refractivity contribution is 0.436. The topological polar surface area (TPSA) is 9.23 Å². The fourth-order valence-corrected chi connectivity index (χ4v) is 11.1. The molecule has 0 amide bonds. The van der Waals surface area contributed by atoms with Gasteiger partial charge in [-0.05, 0) is 113 Å². The number of ether oxygens (including phenoxy) is 1. The number of benzene rings is 9. The Labute approximate surface area is 319 Å². The van der Waals surface area contributed by atoms with Crippen LogP contribution in [0.5, 0.6) is 11.5 Å². The van der Waals surface area contributed by atoms with Gasteiger partial charge in [-0.2, -0.15) is 0 Å². The summed E-state index contributed by atoms with van der Waals surface area (Å²) in [4.78, 5) is 0. The van der Waals surface area contributed by atoms with Crippen molar-refractivity contribution >= 4 is 10.8 Å². The van der Waals surface area contributed by atoms with Gasteiger partial charge < -0.3 is 4.74 Å². The Balaban J connectivity index is 1.09. The minimum atomic E-state index is -0.508. The Morgan fingerprint density at radius 3 is 1.45 bits per heavy atom. The molecule has 1 aliphatic heterocycles. The molecule has 0 saturated carbocycles. The fraction of sp³-hybridized carbons (Fsp3) is 0.0370.